The minimum atomic E-state index is -0.204. The summed E-state index contributed by atoms with van der Waals surface area (Å²) in [4.78, 5) is 20.3. The Bertz CT molecular complexity index is 767. The van der Waals surface area contributed by atoms with Gasteiger partial charge in [0.05, 0.1) is 12.1 Å². The standard InChI is InChI=1S/C17H15N3O2/c1-12-16(13-6-3-2-4-7-13)20-15(22-12)11-19-17(21)14-8-5-9-18-10-14/h2-10H,11H2,1H3,(H,19,21). The molecule has 0 aliphatic carbocycles. The van der Waals surface area contributed by atoms with Gasteiger partial charge in [0.25, 0.3) is 5.91 Å². The largest absolute Gasteiger partial charge is 0.443 e. The maximum Gasteiger partial charge on any atom is 0.253 e. The number of aryl methyl sites for hydroxylation is 1. The molecule has 2 aromatic heterocycles. The van der Waals surface area contributed by atoms with Gasteiger partial charge in [0.15, 0.2) is 0 Å². The molecule has 0 spiro atoms. The summed E-state index contributed by atoms with van der Waals surface area (Å²) in [6.45, 7) is 2.10. The van der Waals surface area contributed by atoms with E-state index in [0.29, 0.717) is 11.5 Å². The fourth-order valence-corrected chi connectivity index (χ4v) is 2.15. The summed E-state index contributed by atoms with van der Waals surface area (Å²) in [7, 11) is 0. The second-order valence-corrected chi connectivity index (χ2v) is 4.80. The fraction of sp³-hybridized carbons (Fsp3) is 0.118. The third-order valence-corrected chi connectivity index (χ3v) is 3.21. The Morgan fingerprint density at radius 2 is 2.00 bits per heavy atom. The van der Waals surface area contributed by atoms with Gasteiger partial charge < -0.3 is 9.73 Å². The summed E-state index contributed by atoms with van der Waals surface area (Å²) < 4.78 is 5.61. The van der Waals surface area contributed by atoms with Gasteiger partial charge in [-0.3, -0.25) is 9.78 Å². The second kappa shape index (κ2) is 6.22. The predicted molar refractivity (Wildman–Crippen MR) is 82.1 cm³/mol. The molecule has 0 saturated heterocycles. The van der Waals surface area contributed by atoms with Crippen LogP contribution in [0.25, 0.3) is 11.3 Å². The van der Waals surface area contributed by atoms with Crippen LogP contribution in [0.5, 0.6) is 0 Å². The molecule has 0 fully saturated rings. The highest BCUT2D eigenvalue weighted by atomic mass is 16.4. The first-order valence-electron chi connectivity index (χ1n) is 6.94. The van der Waals surface area contributed by atoms with Crippen LogP contribution in [0.2, 0.25) is 0 Å². The van der Waals surface area contributed by atoms with Gasteiger partial charge in [-0.05, 0) is 19.1 Å². The number of carbonyl (C=O) groups is 1. The number of benzene rings is 1. The van der Waals surface area contributed by atoms with E-state index >= 15 is 0 Å². The molecule has 1 N–H and O–H groups in total. The lowest BCUT2D eigenvalue weighted by molar-refractivity contribution is 0.0946. The number of amides is 1. The van der Waals surface area contributed by atoms with E-state index in [-0.39, 0.29) is 12.5 Å². The maximum atomic E-state index is 12.0. The van der Waals surface area contributed by atoms with Gasteiger partial charge in [-0.1, -0.05) is 30.3 Å². The van der Waals surface area contributed by atoms with Crippen LogP contribution < -0.4 is 5.32 Å². The van der Waals surface area contributed by atoms with E-state index in [1.165, 1.54) is 6.20 Å². The lowest BCUT2D eigenvalue weighted by Gasteiger charge is -2.01. The molecule has 1 aromatic carbocycles. The number of nitrogens with one attached hydrogen (secondary N) is 1. The molecule has 0 radical (unpaired) electrons. The van der Waals surface area contributed by atoms with E-state index in [1.807, 2.05) is 37.3 Å². The van der Waals surface area contributed by atoms with E-state index < -0.39 is 0 Å². The van der Waals surface area contributed by atoms with Gasteiger partial charge in [-0.2, -0.15) is 0 Å². The number of nitrogens with zero attached hydrogens (tertiary/aromatic N) is 2. The van der Waals surface area contributed by atoms with Gasteiger partial charge in [0.1, 0.15) is 11.5 Å². The van der Waals surface area contributed by atoms with Crippen molar-refractivity contribution in [1.29, 1.82) is 0 Å². The summed E-state index contributed by atoms with van der Waals surface area (Å²) in [5.41, 5.74) is 2.30. The predicted octanol–water partition coefficient (Wildman–Crippen LogP) is 2.98. The first-order chi connectivity index (χ1) is 10.7. The zero-order valence-electron chi connectivity index (χ0n) is 12.1. The van der Waals surface area contributed by atoms with Crippen LogP contribution in [0, 0.1) is 6.92 Å². The highest BCUT2D eigenvalue weighted by Gasteiger charge is 2.12. The number of oxazole rings is 1. The summed E-state index contributed by atoms with van der Waals surface area (Å²) in [5, 5.41) is 2.77. The van der Waals surface area contributed by atoms with E-state index in [9.17, 15) is 4.79 Å². The molecule has 0 aliphatic rings. The summed E-state index contributed by atoms with van der Waals surface area (Å²) in [6.07, 6.45) is 3.14. The first-order valence-corrected chi connectivity index (χ1v) is 6.94. The third kappa shape index (κ3) is 3.03. The lowest BCUT2D eigenvalue weighted by atomic mass is 10.1. The van der Waals surface area contributed by atoms with Gasteiger partial charge in [0.2, 0.25) is 5.89 Å². The number of carbonyl (C=O) groups excluding carboxylic acids is 1. The van der Waals surface area contributed by atoms with Gasteiger partial charge in [-0.25, -0.2) is 4.98 Å². The number of aromatic nitrogens is 2. The molecule has 5 nitrogen and oxygen atoms in total. The van der Waals surface area contributed by atoms with Gasteiger partial charge in [-0.15, -0.1) is 0 Å². The molecule has 0 aliphatic heterocycles. The fourth-order valence-electron chi connectivity index (χ4n) is 2.15. The lowest BCUT2D eigenvalue weighted by Crippen LogP contribution is -2.22. The van der Waals surface area contributed by atoms with Crippen LogP contribution in [0.3, 0.4) is 0 Å². The van der Waals surface area contributed by atoms with Crippen molar-refractivity contribution in [3.05, 3.63) is 72.1 Å². The molecule has 3 rings (SSSR count). The number of hydrogen-bond acceptors (Lipinski definition) is 4. The Labute approximate surface area is 128 Å². The van der Waals surface area contributed by atoms with Crippen molar-refractivity contribution < 1.29 is 9.21 Å². The molecule has 0 atom stereocenters. The minimum absolute atomic E-state index is 0.204. The average Bonchev–Trinajstić information content (AvgIpc) is 2.95. The van der Waals surface area contributed by atoms with Crippen molar-refractivity contribution in [2.45, 2.75) is 13.5 Å². The molecule has 5 heteroatoms. The highest BCUT2D eigenvalue weighted by Crippen LogP contribution is 2.22. The van der Waals surface area contributed by atoms with Crippen molar-refractivity contribution in [1.82, 2.24) is 15.3 Å². The smallest absolute Gasteiger partial charge is 0.253 e. The SMILES string of the molecule is Cc1oc(CNC(=O)c2cccnc2)nc1-c1ccccc1. The molecule has 1 amide bonds. The van der Waals surface area contributed by atoms with Crippen molar-refractivity contribution >= 4 is 5.91 Å². The van der Waals surface area contributed by atoms with Gasteiger partial charge >= 0.3 is 0 Å². The zero-order valence-corrected chi connectivity index (χ0v) is 12.1. The Morgan fingerprint density at radius 1 is 1.18 bits per heavy atom. The van der Waals surface area contributed by atoms with E-state index in [4.69, 9.17) is 4.42 Å². The Hall–Kier alpha value is -2.95. The second-order valence-electron chi connectivity index (χ2n) is 4.80. The van der Waals surface area contributed by atoms with Crippen LogP contribution in [-0.4, -0.2) is 15.9 Å². The molecule has 110 valence electrons. The molecule has 0 saturated carbocycles. The summed E-state index contributed by atoms with van der Waals surface area (Å²) in [6, 6.07) is 13.2. The molecule has 0 bridgehead atoms. The Kier molecular flexibility index (Phi) is 3.96. The van der Waals surface area contributed by atoms with Crippen LogP contribution in [0.4, 0.5) is 0 Å². The molecular formula is C17H15N3O2. The zero-order chi connectivity index (χ0) is 15.4. The van der Waals surface area contributed by atoms with Crippen molar-refractivity contribution in [3.63, 3.8) is 0 Å². The van der Waals surface area contributed by atoms with Crippen molar-refractivity contribution in [2.24, 2.45) is 0 Å². The third-order valence-electron chi connectivity index (χ3n) is 3.21. The minimum Gasteiger partial charge on any atom is -0.443 e. The molecule has 0 unspecified atom stereocenters. The Balaban J connectivity index is 1.71. The summed E-state index contributed by atoms with van der Waals surface area (Å²) >= 11 is 0. The van der Waals surface area contributed by atoms with E-state index in [2.05, 4.69) is 15.3 Å². The highest BCUT2D eigenvalue weighted by molar-refractivity contribution is 5.93. The van der Waals surface area contributed by atoms with Crippen molar-refractivity contribution in [2.75, 3.05) is 0 Å². The quantitative estimate of drug-likeness (QED) is 0.803. The van der Waals surface area contributed by atoms with Crippen LogP contribution in [-0.2, 0) is 6.54 Å². The number of hydrogen-bond donors (Lipinski definition) is 1. The Morgan fingerprint density at radius 3 is 2.73 bits per heavy atom. The molecular weight excluding hydrogens is 278 g/mol. The van der Waals surface area contributed by atoms with E-state index in [1.54, 1.807) is 18.3 Å². The normalized spacial score (nSPS) is 10.4. The number of rotatable bonds is 4. The monoisotopic (exact) mass is 293 g/mol. The molecule has 22 heavy (non-hydrogen) atoms. The summed E-state index contributed by atoms with van der Waals surface area (Å²) in [5.74, 6) is 1.01. The van der Waals surface area contributed by atoms with Crippen molar-refractivity contribution in [3.8, 4) is 11.3 Å². The van der Waals surface area contributed by atoms with Crippen LogP contribution in [0.1, 0.15) is 22.0 Å². The molecule has 3 aromatic rings. The first kappa shape index (κ1) is 14.0. The average molecular weight is 293 g/mol. The maximum absolute atomic E-state index is 12.0. The molecule has 2 heterocycles. The van der Waals surface area contributed by atoms with Gasteiger partial charge in [0, 0.05) is 18.0 Å². The van der Waals surface area contributed by atoms with E-state index in [0.717, 1.165) is 17.0 Å². The number of pyridine rings is 1. The van der Waals surface area contributed by atoms with Crippen LogP contribution in [0.15, 0.2) is 59.3 Å². The topological polar surface area (TPSA) is 68.0 Å². The van der Waals surface area contributed by atoms with Crippen LogP contribution >= 0.6 is 0 Å².